The Balaban J connectivity index is 1.74. The summed E-state index contributed by atoms with van der Waals surface area (Å²) in [5.74, 6) is 0.860. The van der Waals surface area contributed by atoms with Crippen LogP contribution in [0.4, 0.5) is 5.82 Å². The van der Waals surface area contributed by atoms with Crippen LogP contribution in [0.5, 0.6) is 0 Å². The highest BCUT2D eigenvalue weighted by Gasteiger charge is 2.22. The number of rotatable bonds is 3. The standard InChI is InChI=1S/C12H16N4O/c1-9(10-3-2-8-17-10)14-11-4-5-12-13-6-7-16(12)15-11/h4-7,9-10H,2-3,8H2,1H3,(H,14,15)/t9-,10+/m0/s1. The molecule has 0 unspecified atom stereocenters. The van der Waals surface area contributed by atoms with Crippen molar-refractivity contribution in [1.82, 2.24) is 14.6 Å². The number of nitrogens with zero attached hydrogens (tertiary/aromatic N) is 3. The van der Waals surface area contributed by atoms with Crippen molar-refractivity contribution in [3.05, 3.63) is 24.5 Å². The van der Waals surface area contributed by atoms with Crippen LogP contribution >= 0.6 is 0 Å². The zero-order valence-corrected chi connectivity index (χ0v) is 9.84. The Labute approximate surface area is 99.8 Å². The van der Waals surface area contributed by atoms with Crippen molar-refractivity contribution in [2.45, 2.75) is 31.9 Å². The molecular formula is C12H16N4O. The molecule has 0 bridgehead atoms. The van der Waals surface area contributed by atoms with Crippen LogP contribution in [0, 0.1) is 0 Å². The molecule has 1 aliphatic heterocycles. The van der Waals surface area contributed by atoms with Gasteiger partial charge in [0.15, 0.2) is 5.65 Å². The topological polar surface area (TPSA) is 51.5 Å². The van der Waals surface area contributed by atoms with Gasteiger partial charge >= 0.3 is 0 Å². The zero-order chi connectivity index (χ0) is 11.7. The van der Waals surface area contributed by atoms with Crippen molar-refractivity contribution in [1.29, 1.82) is 0 Å². The first-order valence-electron chi connectivity index (χ1n) is 6.01. The third-order valence-corrected chi connectivity index (χ3v) is 3.15. The first kappa shape index (κ1) is 10.5. The minimum Gasteiger partial charge on any atom is -0.376 e. The predicted octanol–water partition coefficient (Wildman–Crippen LogP) is 1.71. The Hall–Kier alpha value is -1.62. The van der Waals surface area contributed by atoms with Crippen LogP contribution in [0.1, 0.15) is 19.8 Å². The quantitative estimate of drug-likeness (QED) is 0.875. The van der Waals surface area contributed by atoms with Crippen molar-refractivity contribution >= 4 is 11.5 Å². The second-order valence-corrected chi connectivity index (χ2v) is 4.43. The predicted molar refractivity (Wildman–Crippen MR) is 65.0 cm³/mol. The van der Waals surface area contributed by atoms with Crippen LogP contribution in [0.25, 0.3) is 5.65 Å². The second-order valence-electron chi connectivity index (χ2n) is 4.43. The molecule has 0 aromatic carbocycles. The SMILES string of the molecule is C[C@H](Nc1ccc2nccn2n1)[C@H]1CCCO1. The highest BCUT2D eigenvalue weighted by Crippen LogP contribution is 2.18. The molecular weight excluding hydrogens is 216 g/mol. The number of fused-ring (bicyclic) bond motifs is 1. The average Bonchev–Trinajstić information content (AvgIpc) is 2.99. The van der Waals surface area contributed by atoms with Crippen LogP contribution in [-0.4, -0.2) is 33.4 Å². The summed E-state index contributed by atoms with van der Waals surface area (Å²) < 4.78 is 7.42. The van der Waals surface area contributed by atoms with Gasteiger partial charge in [-0.3, -0.25) is 0 Å². The first-order chi connectivity index (χ1) is 8.33. The van der Waals surface area contributed by atoms with Crippen LogP contribution in [0.3, 0.4) is 0 Å². The number of hydrogen-bond acceptors (Lipinski definition) is 4. The minimum atomic E-state index is 0.283. The van der Waals surface area contributed by atoms with Gasteiger partial charge in [0.1, 0.15) is 5.82 Å². The molecule has 2 aromatic heterocycles. The molecule has 0 amide bonds. The third kappa shape index (κ3) is 2.10. The number of nitrogens with one attached hydrogen (secondary N) is 1. The van der Waals surface area contributed by atoms with E-state index in [1.165, 1.54) is 0 Å². The third-order valence-electron chi connectivity index (χ3n) is 3.15. The van der Waals surface area contributed by atoms with Crippen molar-refractivity contribution < 1.29 is 4.74 Å². The Bertz CT molecular complexity index is 504. The van der Waals surface area contributed by atoms with Gasteiger partial charge in [-0.2, -0.15) is 0 Å². The fraction of sp³-hybridized carbons (Fsp3) is 0.500. The van der Waals surface area contributed by atoms with E-state index < -0.39 is 0 Å². The van der Waals surface area contributed by atoms with Crippen LogP contribution < -0.4 is 5.32 Å². The fourth-order valence-electron chi connectivity index (χ4n) is 2.22. The van der Waals surface area contributed by atoms with Crippen LogP contribution in [0.15, 0.2) is 24.5 Å². The van der Waals surface area contributed by atoms with Crippen LogP contribution in [0.2, 0.25) is 0 Å². The summed E-state index contributed by atoms with van der Waals surface area (Å²) in [6.07, 6.45) is 6.18. The molecule has 0 spiro atoms. The lowest BCUT2D eigenvalue weighted by Crippen LogP contribution is -2.30. The molecule has 1 aliphatic rings. The van der Waals surface area contributed by atoms with E-state index in [4.69, 9.17) is 4.74 Å². The monoisotopic (exact) mass is 232 g/mol. The van der Waals surface area contributed by atoms with Gasteiger partial charge < -0.3 is 10.1 Å². The van der Waals surface area contributed by atoms with Gasteiger partial charge in [0.25, 0.3) is 0 Å². The molecule has 0 saturated carbocycles. The van der Waals surface area contributed by atoms with E-state index in [1.807, 2.05) is 18.3 Å². The molecule has 3 heterocycles. The highest BCUT2D eigenvalue weighted by atomic mass is 16.5. The summed E-state index contributed by atoms with van der Waals surface area (Å²) in [6, 6.07) is 4.19. The number of anilines is 1. The summed E-state index contributed by atoms with van der Waals surface area (Å²) >= 11 is 0. The molecule has 5 heteroatoms. The number of hydrogen-bond donors (Lipinski definition) is 1. The van der Waals surface area contributed by atoms with E-state index in [1.54, 1.807) is 10.7 Å². The molecule has 2 aromatic rings. The molecule has 3 rings (SSSR count). The van der Waals surface area contributed by atoms with Crippen molar-refractivity contribution in [2.24, 2.45) is 0 Å². The van der Waals surface area contributed by atoms with E-state index in [2.05, 4.69) is 22.3 Å². The number of ether oxygens (including phenoxy) is 1. The van der Waals surface area contributed by atoms with E-state index in [0.717, 1.165) is 30.9 Å². The normalized spacial score (nSPS) is 21.8. The lowest BCUT2D eigenvalue weighted by Gasteiger charge is -2.20. The molecule has 17 heavy (non-hydrogen) atoms. The highest BCUT2D eigenvalue weighted by molar-refractivity contribution is 5.44. The van der Waals surface area contributed by atoms with Gasteiger partial charge in [-0.25, -0.2) is 9.50 Å². The Kier molecular flexibility index (Phi) is 2.68. The molecule has 90 valence electrons. The van der Waals surface area contributed by atoms with Gasteiger partial charge in [0.05, 0.1) is 12.1 Å². The largest absolute Gasteiger partial charge is 0.376 e. The van der Waals surface area contributed by atoms with Gasteiger partial charge in [0.2, 0.25) is 0 Å². The van der Waals surface area contributed by atoms with E-state index in [9.17, 15) is 0 Å². The zero-order valence-electron chi connectivity index (χ0n) is 9.84. The average molecular weight is 232 g/mol. The molecule has 5 nitrogen and oxygen atoms in total. The smallest absolute Gasteiger partial charge is 0.153 e. The van der Waals surface area contributed by atoms with Gasteiger partial charge in [-0.05, 0) is 31.9 Å². The molecule has 1 saturated heterocycles. The maximum atomic E-state index is 5.65. The van der Waals surface area contributed by atoms with Gasteiger partial charge in [-0.15, -0.1) is 5.10 Å². The molecule has 1 fully saturated rings. The summed E-state index contributed by atoms with van der Waals surface area (Å²) in [7, 11) is 0. The van der Waals surface area contributed by atoms with Crippen molar-refractivity contribution in [2.75, 3.05) is 11.9 Å². The maximum Gasteiger partial charge on any atom is 0.153 e. The Morgan fingerprint density at radius 2 is 2.47 bits per heavy atom. The van der Waals surface area contributed by atoms with Crippen LogP contribution in [-0.2, 0) is 4.74 Å². The molecule has 0 radical (unpaired) electrons. The van der Waals surface area contributed by atoms with Crippen molar-refractivity contribution in [3.8, 4) is 0 Å². The molecule has 1 N–H and O–H groups in total. The molecule has 2 atom stereocenters. The van der Waals surface area contributed by atoms with Crippen molar-refractivity contribution in [3.63, 3.8) is 0 Å². The summed E-state index contributed by atoms with van der Waals surface area (Å²) in [4.78, 5) is 4.16. The van der Waals surface area contributed by atoms with E-state index in [0.29, 0.717) is 6.10 Å². The number of aromatic nitrogens is 3. The summed E-state index contributed by atoms with van der Waals surface area (Å²) in [6.45, 7) is 3.01. The fourth-order valence-corrected chi connectivity index (χ4v) is 2.22. The van der Waals surface area contributed by atoms with Gasteiger partial charge in [0, 0.05) is 19.0 Å². The van der Waals surface area contributed by atoms with E-state index in [-0.39, 0.29) is 6.04 Å². The second kappa shape index (κ2) is 4.33. The maximum absolute atomic E-state index is 5.65. The van der Waals surface area contributed by atoms with E-state index >= 15 is 0 Å². The Morgan fingerprint density at radius 1 is 1.53 bits per heavy atom. The minimum absolute atomic E-state index is 0.283. The number of imidazole rings is 1. The Morgan fingerprint density at radius 3 is 3.29 bits per heavy atom. The summed E-state index contributed by atoms with van der Waals surface area (Å²) in [5, 5.41) is 7.82. The summed E-state index contributed by atoms with van der Waals surface area (Å²) in [5.41, 5.74) is 0.861. The lowest BCUT2D eigenvalue weighted by atomic mass is 10.1. The lowest BCUT2D eigenvalue weighted by molar-refractivity contribution is 0.0995. The molecule has 0 aliphatic carbocycles. The van der Waals surface area contributed by atoms with Gasteiger partial charge in [-0.1, -0.05) is 0 Å². The first-order valence-corrected chi connectivity index (χ1v) is 6.01.